The van der Waals surface area contributed by atoms with E-state index in [9.17, 15) is 9.59 Å². The predicted octanol–water partition coefficient (Wildman–Crippen LogP) is 3.08. The van der Waals surface area contributed by atoms with Crippen molar-refractivity contribution < 1.29 is 9.59 Å². The summed E-state index contributed by atoms with van der Waals surface area (Å²) < 4.78 is 3.61. The minimum Gasteiger partial charge on any atom is -0.354 e. The highest BCUT2D eigenvalue weighted by Crippen LogP contribution is 2.39. The van der Waals surface area contributed by atoms with Crippen molar-refractivity contribution in [3.05, 3.63) is 35.2 Å². The first-order valence-electron chi connectivity index (χ1n) is 7.19. The highest BCUT2D eigenvalue weighted by molar-refractivity contribution is 7.33. The summed E-state index contributed by atoms with van der Waals surface area (Å²) in [5.74, 6) is 0.0578. The van der Waals surface area contributed by atoms with E-state index in [-0.39, 0.29) is 11.8 Å². The van der Waals surface area contributed by atoms with Gasteiger partial charge in [0.05, 0.1) is 9.58 Å². The van der Waals surface area contributed by atoms with Gasteiger partial charge in [-0.3, -0.25) is 9.59 Å². The van der Waals surface area contributed by atoms with Crippen LogP contribution in [0, 0.1) is 0 Å². The topological polar surface area (TPSA) is 49.4 Å². The summed E-state index contributed by atoms with van der Waals surface area (Å²) >= 11 is 3.28. The number of nitrogens with one attached hydrogen (secondary N) is 1. The van der Waals surface area contributed by atoms with Crippen LogP contribution >= 0.6 is 22.7 Å². The van der Waals surface area contributed by atoms with Crippen molar-refractivity contribution in [3.8, 4) is 0 Å². The molecule has 4 rings (SSSR count). The Bertz CT molecular complexity index is 881. The number of hydrogen-bond acceptors (Lipinski definition) is 4. The molecule has 22 heavy (non-hydrogen) atoms. The largest absolute Gasteiger partial charge is 0.354 e. The molecule has 4 nitrogen and oxygen atoms in total. The maximum Gasteiger partial charge on any atom is 0.264 e. The Morgan fingerprint density at radius 2 is 2.00 bits per heavy atom. The molecule has 0 spiro atoms. The fourth-order valence-corrected chi connectivity index (χ4v) is 5.22. The maximum absolute atomic E-state index is 12.7. The molecule has 1 aromatic carbocycles. The van der Waals surface area contributed by atoms with E-state index in [4.69, 9.17) is 0 Å². The third kappa shape index (κ3) is 2.28. The van der Waals surface area contributed by atoms with Gasteiger partial charge in [0.1, 0.15) is 0 Å². The van der Waals surface area contributed by atoms with Crippen LogP contribution in [0.4, 0.5) is 0 Å². The summed E-state index contributed by atoms with van der Waals surface area (Å²) in [7, 11) is 0. The van der Waals surface area contributed by atoms with E-state index in [2.05, 4.69) is 17.4 Å². The van der Waals surface area contributed by atoms with Gasteiger partial charge in [0, 0.05) is 40.8 Å². The number of hydrogen-bond donors (Lipinski definition) is 1. The van der Waals surface area contributed by atoms with E-state index < -0.39 is 0 Å². The molecule has 112 valence electrons. The van der Waals surface area contributed by atoms with Gasteiger partial charge in [-0.05, 0) is 12.1 Å². The zero-order valence-corrected chi connectivity index (χ0v) is 13.4. The number of carbonyl (C=O) groups is 2. The molecule has 1 fully saturated rings. The third-order valence-electron chi connectivity index (χ3n) is 3.86. The lowest BCUT2D eigenvalue weighted by Crippen LogP contribution is -2.33. The Morgan fingerprint density at radius 1 is 1.14 bits per heavy atom. The smallest absolute Gasteiger partial charge is 0.264 e. The lowest BCUT2D eigenvalue weighted by atomic mass is 10.2. The van der Waals surface area contributed by atoms with E-state index in [1.54, 1.807) is 27.6 Å². The fraction of sp³-hybridized carbons (Fsp3) is 0.250. The molecule has 0 unspecified atom stereocenters. The number of carbonyl (C=O) groups excluding carboxylic acids is 2. The Morgan fingerprint density at radius 3 is 2.91 bits per heavy atom. The number of amides is 2. The minimum atomic E-state index is 0.0217. The van der Waals surface area contributed by atoms with Crippen LogP contribution in [0.1, 0.15) is 16.1 Å². The molecule has 0 radical (unpaired) electrons. The number of rotatable bonds is 1. The zero-order chi connectivity index (χ0) is 15.1. The van der Waals surface area contributed by atoms with Crippen LogP contribution < -0.4 is 5.32 Å². The van der Waals surface area contributed by atoms with Crippen LogP contribution in [0.25, 0.3) is 19.5 Å². The summed E-state index contributed by atoms with van der Waals surface area (Å²) in [6.07, 6.45) is 0.383. The average molecular weight is 330 g/mol. The van der Waals surface area contributed by atoms with Crippen LogP contribution in [0.15, 0.2) is 30.3 Å². The van der Waals surface area contributed by atoms with Crippen LogP contribution in [-0.2, 0) is 4.79 Å². The summed E-state index contributed by atoms with van der Waals surface area (Å²) in [5, 5.41) is 4.02. The van der Waals surface area contributed by atoms with Crippen molar-refractivity contribution in [2.24, 2.45) is 0 Å². The maximum atomic E-state index is 12.7. The Labute approximate surface area is 135 Å². The van der Waals surface area contributed by atoms with Gasteiger partial charge in [0.25, 0.3) is 5.91 Å². The van der Waals surface area contributed by atoms with E-state index >= 15 is 0 Å². The number of nitrogens with zero attached hydrogens (tertiary/aromatic N) is 1. The Hall–Kier alpha value is -1.92. The van der Waals surface area contributed by atoms with Gasteiger partial charge in [-0.25, -0.2) is 0 Å². The molecule has 2 amide bonds. The van der Waals surface area contributed by atoms with Gasteiger partial charge in [0.15, 0.2) is 0 Å². The molecular weight excluding hydrogens is 316 g/mol. The molecule has 1 aliphatic rings. The zero-order valence-electron chi connectivity index (χ0n) is 11.8. The highest BCUT2D eigenvalue weighted by Gasteiger charge is 2.22. The van der Waals surface area contributed by atoms with Crippen molar-refractivity contribution in [3.63, 3.8) is 0 Å². The molecule has 0 bridgehead atoms. The Kier molecular flexibility index (Phi) is 3.35. The van der Waals surface area contributed by atoms with Gasteiger partial charge in [-0.15, -0.1) is 22.7 Å². The van der Waals surface area contributed by atoms with E-state index in [0.29, 0.717) is 26.1 Å². The summed E-state index contributed by atoms with van der Waals surface area (Å²) in [6.45, 7) is 1.61. The SMILES string of the molecule is O=C1CCN(C(=O)c2cc3sc4ccccc4c3s2)CCN1. The second-order valence-electron chi connectivity index (χ2n) is 5.29. The first-order valence-corrected chi connectivity index (χ1v) is 8.83. The second-order valence-corrected chi connectivity index (χ2v) is 7.43. The molecule has 2 aromatic heterocycles. The second kappa shape index (κ2) is 5.37. The van der Waals surface area contributed by atoms with Gasteiger partial charge >= 0.3 is 0 Å². The monoisotopic (exact) mass is 330 g/mol. The molecule has 0 saturated carbocycles. The van der Waals surface area contributed by atoms with E-state index in [1.165, 1.54) is 19.5 Å². The molecule has 1 aliphatic heterocycles. The van der Waals surface area contributed by atoms with Gasteiger partial charge < -0.3 is 10.2 Å². The molecule has 0 atom stereocenters. The predicted molar refractivity (Wildman–Crippen MR) is 90.7 cm³/mol. The van der Waals surface area contributed by atoms with Crippen molar-refractivity contribution in [1.82, 2.24) is 10.2 Å². The molecule has 6 heteroatoms. The Balaban J connectivity index is 1.68. The molecule has 0 aliphatic carbocycles. The molecule has 3 aromatic rings. The van der Waals surface area contributed by atoms with E-state index in [1.807, 2.05) is 18.2 Å². The lowest BCUT2D eigenvalue weighted by molar-refractivity contribution is -0.120. The van der Waals surface area contributed by atoms with Crippen molar-refractivity contribution in [2.45, 2.75) is 6.42 Å². The van der Waals surface area contributed by atoms with Crippen molar-refractivity contribution >= 4 is 54.0 Å². The molecule has 1 N–H and O–H groups in total. The van der Waals surface area contributed by atoms with Crippen LogP contribution in [-0.4, -0.2) is 36.3 Å². The first-order chi connectivity index (χ1) is 10.7. The molecule has 1 saturated heterocycles. The standard InChI is InChI=1S/C16H14N2O2S2/c19-14-5-7-18(8-6-17-14)16(20)13-9-12-15(22-13)10-3-1-2-4-11(10)21-12/h1-4,9H,5-8H2,(H,17,19). The molecule has 3 heterocycles. The van der Waals surface area contributed by atoms with E-state index in [0.717, 1.165) is 4.88 Å². The van der Waals surface area contributed by atoms with Crippen LogP contribution in [0.5, 0.6) is 0 Å². The average Bonchev–Trinajstić information content (AvgIpc) is 2.99. The number of benzene rings is 1. The van der Waals surface area contributed by atoms with Crippen molar-refractivity contribution in [1.29, 1.82) is 0 Å². The highest BCUT2D eigenvalue weighted by atomic mass is 32.1. The van der Waals surface area contributed by atoms with Crippen LogP contribution in [0.3, 0.4) is 0 Å². The molecular formula is C16H14N2O2S2. The quantitative estimate of drug-likeness (QED) is 0.745. The number of thiophene rings is 2. The first kappa shape index (κ1) is 13.7. The van der Waals surface area contributed by atoms with Gasteiger partial charge in [-0.1, -0.05) is 18.2 Å². The minimum absolute atomic E-state index is 0.0217. The summed E-state index contributed by atoms with van der Waals surface area (Å²) in [6, 6.07) is 10.3. The number of fused-ring (bicyclic) bond motifs is 3. The summed E-state index contributed by atoms with van der Waals surface area (Å²) in [5.41, 5.74) is 0. The summed E-state index contributed by atoms with van der Waals surface area (Å²) in [4.78, 5) is 26.6. The normalized spacial score (nSPS) is 16.0. The van der Waals surface area contributed by atoms with Gasteiger partial charge in [0.2, 0.25) is 5.91 Å². The fourth-order valence-electron chi connectivity index (χ4n) is 2.73. The van der Waals surface area contributed by atoms with Crippen molar-refractivity contribution in [2.75, 3.05) is 19.6 Å². The van der Waals surface area contributed by atoms with Gasteiger partial charge in [-0.2, -0.15) is 0 Å². The van der Waals surface area contributed by atoms with Crippen LogP contribution in [0.2, 0.25) is 0 Å². The third-order valence-corrected chi connectivity index (χ3v) is 6.26. The lowest BCUT2D eigenvalue weighted by Gasteiger charge is -2.18.